The van der Waals surface area contributed by atoms with Crippen molar-refractivity contribution in [3.05, 3.63) is 29.8 Å². The lowest BCUT2D eigenvalue weighted by molar-refractivity contribution is -0.0511. The van der Waals surface area contributed by atoms with Crippen LogP contribution in [0.3, 0.4) is 0 Å². The number of benzene rings is 1. The van der Waals surface area contributed by atoms with E-state index in [2.05, 4.69) is 0 Å². The van der Waals surface area contributed by atoms with Gasteiger partial charge < -0.3 is 0 Å². The predicted octanol–water partition coefficient (Wildman–Crippen LogP) is 1.55. The Labute approximate surface area is 111 Å². The van der Waals surface area contributed by atoms with E-state index in [0.29, 0.717) is 0 Å². The fourth-order valence-corrected chi connectivity index (χ4v) is 2.80. The highest BCUT2D eigenvalue weighted by molar-refractivity contribution is 7.86. The van der Waals surface area contributed by atoms with Gasteiger partial charge in [0.05, 0.1) is 17.5 Å². The first-order chi connectivity index (χ1) is 8.92. The van der Waals surface area contributed by atoms with Gasteiger partial charge >= 0.3 is 10.1 Å². The molecular weight excluding hydrogens is 271 g/mol. The third-order valence-electron chi connectivity index (χ3n) is 2.86. The molecule has 0 aliphatic carbocycles. The summed E-state index contributed by atoms with van der Waals surface area (Å²) in [7, 11) is -4.02. The van der Waals surface area contributed by atoms with Crippen molar-refractivity contribution >= 4 is 10.1 Å². The SMILES string of the molecule is Cc1ccc(S(=O)(=O)ON2CC(F)CC2C#N)cc1. The molecule has 0 saturated carbocycles. The van der Waals surface area contributed by atoms with Gasteiger partial charge in [-0.15, -0.1) is 0 Å². The first kappa shape index (κ1) is 13.9. The average molecular weight is 284 g/mol. The summed E-state index contributed by atoms with van der Waals surface area (Å²) in [5, 5.41) is 9.71. The fraction of sp³-hybridized carbons (Fsp3) is 0.417. The molecule has 2 rings (SSSR count). The molecule has 2 unspecified atom stereocenters. The summed E-state index contributed by atoms with van der Waals surface area (Å²) in [5.74, 6) is 0. The molecule has 0 aromatic heterocycles. The second-order valence-corrected chi connectivity index (χ2v) is 5.95. The highest BCUT2D eigenvalue weighted by atomic mass is 32.2. The van der Waals surface area contributed by atoms with E-state index >= 15 is 0 Å². The van der Waals surface area contributed by atoms with Crippen molar-refractivity contribution in [2.75, 3.05) is 6.54 Å². The van der Waals surface area contributed by atoms with Crippen molar-refractivity contribution < 1.29 is 17.1 Å². The van der Waals surface area contributed by atoms with Crippen molar-refractivity contribution in [2.24, 2.45) is 0 Å². The van der Waals surface area contributed by atoms with Crippen molar-refractivity contribution in [3.8, 4) is 6.07 Å². The smallest absolute Gasteiger partial charge is 0.246 e. The van der Waals surface area contributed by atoms with Crippen LogP contribution < -0.4 is 0 Å². The van der Waals surface area contributed by atoms with Crippen LogP contribution in [-0.4, -0.2) is 32.2 Å². The topological polar surface area (TPSA) is 70.4 Å². The minimum Gasteiger partial charge on any atom is -0.246 e. The Morgan fingerprint density at radius 1 is 1.42 bits per heavy atom. The highest BCUT2D eigenvalue weighted by Crippen LogP contribution is 2.24. The Morgan fingerprint density at radius 2 is 2.05 bits per heavy atom. The van der Waals surface area contributed by atoms with Gasteiger partial charge in [0, 0.05) is 6.42 Å². The number of rotatable bonds is 3. The average Bonchev–Trinajstić information content (AvgIpc) is 2.69. The minimum atomic E-state index is -4.02. The quantitative estimate of drug-likeness (QED) is 0.842. The van der Waals surface area contributed by atoms with E-state index in [9.17, 15) is 12.8 Å². The fourth-order valence-electron chi connectivity index (χ4n) is 1.83. The molecule has 1 aliphatic rings. The summed E-state index contributed by atoms with van der Waals surface area (Å²) in [6, 6.07) is 7.05. The van der Waals surface area contributed by atoms with Gasteiger partial charge in [0.15, 0.2) is 0 Å². The van der Waals surface area contributed by atoms with Gasteiger partial charge in [-0.2, -0.15) is 23.0 Å². The molecular formula is C12H13FN2O3S. The Balaban J connectivity index is 2.18. The van der Waals surface area contributed by atoms with Crippen LogP contribution in [0.4, 0.5) is 4.39 Å². The van der Waals surface area contributed by atoms with Crippen molar-refractivity contribution in [2.45, 2.75) is 30.5 Å². The van der Waals surface area contributed by atoms with Crippen LogP contribution in [0.2, 0.25) is 0 Å². The molecule has 1 aromatic carbocycles. The largest absolute Gasteiger partial charge is 0.313 e. The number of hydroxylamine groups is 2. The van der Waals surface area contributed by atoms with Gasteiger partial charge in [-0.05, 0) is 19.1 Å². The molecule has 1 fully saturated rings. The Morgan fingerprint density at radius 3 is 2.63 bits per heavy atom. The van der Waals surface area contributed by atoms with Crippen LogP contribution in [0, 0.1) is 18.3 Å². The van der Waals surface area contributed by atoms with Crippen LogP contribution in [0.1, 0.15) is 12.0 Å². The second-order valence-electron chi connectivity index (χ2n) is 4.42. The Kier molecular flexibility index (Phi) is 3.85. The standard InChI is InChI=1S/C12H13FN2O3S/c1-9-2-4-12(5-3-9)19(16,17)18-15-8-10(13)6-11(15)7-14/h2-5,10-11H,6,8H2,1H3. The summed E-state index contributed by atoms with van der Waals surface area (Å²) in [6.07, 6.45) is -1.29. The van der Waals surface area contributed by atoms with Crippen LogP contribution in [-0.2, 0) is 14.4 Å². The van der Waals surface area contributed by atoms with Crippen molar-refractivity contribution in [3.63, 3.8) is 0 Å². The van der Waals surface area contributed by atoms with Gasteiger partial charge in [0.2, 0.25) is 0 Å². The van der Waals surface area contributed by atoms with Crippen molar-refractivity contribution in [1.29, 1.82) is 5.26 Å². The summed E-state index contributed by atoms with van der Waals surface area (Å²) in [6.45, 7) is 1.61. The van der Waals surface area contributed by atoms with E-state index in [1.165, 1.54) is 12.1 Å². The zero-order valence-electron chi connectivity index (χ0n) is 10.3. The van der Waals surface area contributed by atoms with E-state index < -0.39 is 22.3 Å². The molecule has 1 saturated heterocycles. The van der Waals surface area contributed by atoms with E-state index in [1.807, 2.05) is 13.0 Å². The number of hydrogen-bond acceptors (Lipinski definition) is 5. The number of nitrogens with zero attached hydrogens (tertiary/aromatic N) is 2. The number of aryl methyl sites for hydroxylation is 1. The molecule has 0 radical (unpaired) electrons. The van der Waals surface area contributed by atoms with E-state index in [4.69, 9.17) is 9.55 Å². The molecule has 2 atom stereocenters. The third-order valence-corrected chi connectivity index (χ3v) is 4.09. The molecule has 5 nitrogen and oxygen atoms in total. The first-order valence-corrected chi connectivity index (χ1v) is 7.15. The predicted molar refractivity (Wildman–Crippen MR) is 65.1 cm³/mol. The number of nitriles is 1. The molecule has 0 N–H and O–H groups in total. The second kappa shape index (κ2) is 5.25. The molecule has 102 valence electrons. The molecule has 19 heavy (non-hydrogen) atoms. The zero-order valence-corrected chi connectivity index (χ0v) is 11.1. The summed E-state index contributed by atoms with van der Waals surface area (Å²) in [5.41, 5.74) is 0.916. The normalized spacial score (nSPS) is 24.3. The van der Waals surface area contributed by atoms with Crippen LogP contribution in [0.5, 0.6) is 0 Å². The van der Waals surface area contributed by atoms with Crippen molar-refractivity contribution in [1.82, 2.24) is 5.06 Å². The number of hydrogen-bond donors (Lipinski definition) is 0. The maximum Gasteiger partial charge on any atom is 0.313 e. The summed E-state index contributed by atoms with van der Waals surface area (Å²) < 4.78 is 42.0. The van der Waals surface area contributed by atoms with E-state index in [0.717, 1.165) is 10.6 Å². The number of alkyl halides is 1. The van der Waals surface area contributed by atoms with Gasteiger partial charge in [0.25, 0.3) is 0 Å². The van der Waals surface area contributed by atoms with Gasteiger partial charge in [-0.25, -0.2) is 4.39 Å². The maximum absolute atomic E-state index is 13.2. The summed E-state index contributed by atoms with van der Waals surface area (Å²) >= 11 is 0. The molecule has 0 spiro atoms. The van der Waals surface area contributed by atoms with E-state index in [1.54, 1.807) is 12.1 Å². The maximum atomic E-state index is 13.2. The zero-order chi connectivity index (χ0) is 14.0. The summed E-state index contributed by atoms with van der Waals surface area (Å²) in [4.78, 5) is -0.0166. The van der Waals surface area contributed by atoms with Crippen LogP contribution >= 0.6 is 0 Å². The molecule has 1 aliphatic heterocycles. The van der Waals surface area contributed by atoms with Gasteiger partial charge in [0.1, 0.15) is 12.2 Å². The molecule has 0 bridgehead atoms. The lowest BCUT2D eigenvalue weighted by atomic mass is 10.2. The minimum absolute atomic E-state index is 0.0166. The number of halogens is 1. The molecule has 1 aromatic rings. The molecule has 7 heteroatoms. The lowest BCUT2D eigenvalue weighted by Gasteiger charge is -2.17. The van der Waals surface area contributed by atoms with Gasteiger partial charge in [-0.3, -0.25) is 0 Å². The Hall–Kier alpha value is -1.49. The lowest BCUT2D eigenvalue weighted by Crippen LogP contribution is -2.31. The highest BCUT2D eigenvalue weighted by Gasteiger charge is 2.36. The van der Waals surface area contributed by atoms with E-state index in [-0.39, 0.29) is 17.9 Å². The van der Waals surface area contributed by atoms with Crippen LogP contribution in [0.25, 0.3) is 0 Å². The van der Waals surface area contributed by atoms with Gasteiger partial charge in [-0.1, -0.05) is 17.7 Å². The third kappa shape index (κ3) is 3.10. The monoisotopic (exact) mass is 284 g/mol. The first-order valence-electron chi connectivity index (χ1n) is 5.74. The Bertz CT molecular complexity index is 594. The molecule has 1 heterocycles. The molecule has 0 amide bonds. The van der Waals surface area contributed by atoms with Crippen LogP contribution in [0.15, 0.2) is 29.2 Å².